The number of benzene rings is 1. The highest BCUT2D eigenvalue weighted by molar-refractivity contribution is 6.36. The lowest BCUT2D eigenvalue weighted by atomic mass is 10.3. The fourth-order valence-electron chi connectivity index (χ4n) is 0.627. The molecule has 0 amide bonds. The minimum atomic E-state index is -0.242. The standard InChI is InChI=1S/C6H3Cl2NO2/c7-3-1-4(9-11)6(8)5(10)2-3/h1-2,10H. The molecule has 0 saturated heterocycles. The van der Waals surface area contributed by atoms with Gasteiger partial charge in [-0.15, -0.1) is 4.91 Å². The summed E-state index contributed by atoms with van der Waals surface area (Å²) in [4.78, 5) is 10.0. The van der Waals surface area contributed by atoms with E-state index in [1.165, 1.54) is 12.1 Å². The van der Waals surface area contributed by atoms with Crippen molar-refractivity contribution in [2.45, 2.75) is 0 Å². The van der Waals surface area contributed by atoms with Crippen molar-refractivity contribution in [3.8, 4) is 5.75 Å². The summed E-state index contributed by atoms with van der Waals surface area (Å²) < 4.78 is 0. The van der Waals surface area contributed by atoms with Crippen molar-refractivity contribution in [1.82, 2.24) is 0 Å². The normalized spacial score (nSPS) is 9.64. The Bertz CT molecular complexity index is 301. The van der Waals surface area contributed by atoms with E-state index in [1.807, 2.05) is 0 Å². The molecule has 11 heavy (non-hydrogen) atoms. The van der Waals surface area contributed by atoms with Crippen molar-refractivity contribution in [2.24, 2.45) is 5.18 Å². The molecule has 0 heterocycles. The van der Waals surface area contributed by atoms with Crippen molar-refractivity contribution in [3.63, 3.8) is 0 Å². The van der Waals surface area contributed by atoms with Crippen molar-refractivity contribution in [3.05, 3.63) is 27.1 Å². The number of aromatic hydroxyl groups is 1. The fraction of sp³-hybridized carbons (Fsp3) is 0. The Hall–Kier alpha value is -0.800. The van der Waals surface area contributed by atoms with E-state index < -0.39 is 0 Å². The topological polar surface area (TPSA) is 49.7 Å². The molecule has 1 rings (SSSR count). The quantitative estimate of drug-likeness (QED) is 0.694. The molecule has 0 bridgehead atoms. The third-order valence-corrected chi connectivity index (χ3v) is 1.70. The molecule has 0 saturated carbocycles. The monoisotopic (exact) mass is 191 g/mol. The lowest BCUT2D eigenvalue weighted by molar-refractivity contribution is 0.476. The van der Waals surface area contributed by atoms with Crippen LogP contribution in [0.1, 0.15) is 0 Å². The number of phenolic OH excluding ortho intramolecular Hbond substituents is 1. The highest BCUT2D eigenvalue weighted by atomic mass is 35.5. The molecular weight excluding hydrogens is 189 g/mol. The molecule has 0 aliphatic rings. The van der Waals surface area contributed by atoms with Crippen LogP contribution in [0.25, 0.3) is 0 Å². The van der Waals surface area contributed by atoms with Crippen molar-refractivity contribution >= 4 is 28.9 Å². The molecule has 1 N–H and O–H groups in total. The number of hydrogen-bond acceptors (Lipinski definition) is 3. The van der Waals surface area contributed by atoms with E-state index in [1.54, 1.807) is 0 Å². The van der Waals surface area contributed by atoms with Gasteiger partial charge in [0.1, 0.15) is 16.5 Å². The molecule has 3 nitrogen and oxygen atoms in total. The molecular formula is C6H3Cl2NO2. The number of hydrogen-bond donors (Lipinski definition) is 1. The van der Waals surface area contributed by atoms with Crippen LogP contribution in [0.4, 0.5) is 5.69 Å². The summed E-state index contributed by atoms with van der Waals surface area (Å²) in [5.41, 5.74) is -0.0586. The van der Waals surface area contributed by atoms with Gasteiger partial charge >= 0.3 is 0 Å². The van der Waals surface area contributed by atoms with Gasteiger partial charge < -0.3 is 5.11 Å². The molecule has 0 aromatic heterocycles. The molecule has 0 radical (unpaired) electrons. The Morgan fingerprint density at radius 3 is 2.55 bits per heavy atom. The van der Waals surface area contributed by atoms with E-state index in [2.05, 4.69) is 5.18 Å². The second-order valence-electron chi connectivity index (χ2n) is 1.85. The van der Waals surface area contributed by atoms with Crippen molar-refractivity contribution in [1.29, 1.82) is 0 Å². The second-order valence-corrected chi connectivity index (χ2v) is 2.66. The maximum absolute atomic E-state index is 10.0. The Labute approximate surface area is 72.5 Å². The van der Waals surface area contributed by atoms with Crippen molar-refractivity contribution in [2.75, 3.05) is 0 Å². The van der Waals surface area contributed by atoms with Gasteiger partial charge in [0.05, 0.1) is 0 Å². The van der Waals surface area contributed by atoms with Gasteiger partial charge in [0.15, 0.2) is 0 Å². The molecule has 0 atom stereocenters. The number of phenols is 1. The SMILES string of the molecule is O=Nc1cc(Cl)cc(O)c1Cl. The third-order valence-electron chi connectivity index (χ3n) is 1.10. The first-order chi connectivity index (χ1) is 5.15. The summed E-state index contributed by atoms with van der Waals surface area (Å²) in [6, 6.07) is 2.51. The van der Waals surface area contributed by atoms with Crippen LogP contribution in [-0.4, -0.2) is 5.11 Å². The van der Waals surface area contributed by atoms with Crippen LogP contribution in [0.2, 0.25) is 10.0 Å². The Balaban J connectivity index is 3.35. The number of nitrogens with zero attached hydrogens (tertiary/aromatic N) is 1. The number of halogens is 2. The maximum Gasteiger partial charge on any atom is 0.138 e. The van der Waals surface area contributed by atoms with Crippen LogP contribution >= 0.6 is 23.2 Å². The minimum absolute atomic E-state index is 0.0586. The first-order valence-corrected chi connectivity index (χ1v) is 3.42. The molecule has 0 fully saturated rings. The zero-order chi connectivity index (χ0) is 8.43. The van der Waals surface area contributed by atoms with Crippen LogP contribution in [0.3, 0.4) is 0 Å². The van der Waals surface area contributed by atoms with E-state index in [-0.39, 0.29) is 21.5 Å². The van der Waals surface area contributed by atoms with Gasteiger partial charge in [0, 0.05) is 11.1 Å². The van der Waals surface area contributed by atoms with E-state index in [0.29, 0.717) is 0 Å². The van der Waals surface area contributed by atoms with E-state index in [0.717, 1.165) is 0 Å². The van der Waals surface area contributed by atoms with Crippen LogP contribution in [0.15, 0.2) is 17.3 Å². The zero-order valence-corrected chi connectivity index (χ0v) is 6.73. The van der Waals surface area contributed by atoms with Crippen LogP contribution in [-0.2, 0) is 0 Å². The molecule has 1 aromatic rings. The molecule has 0 spiro atoms. The molecule has 5 heteroatoms. The number of nitroso groups, excluding NO2 is 1. The lowest BCUT2D eigenvalue weighted by Crippen LogP contribution is -1.70. The molecule has 0 aliphatic carbocycles. The minimum Gasteiger partial charge on any atom is -0.506 e. The summed E-state index contributed by atoms with van der Waals surface area (Å²) in [6.45, 7) is 0. The largest absolute Gasteiger partial charge is 0.506 e. The van der Waals surface area contributed by atoms with Crippen LogP contribution < -0.4 is 0 Å². The van der Waals surface area contributed by atoms with Crippen LogP contribution in [0.5, 0.6) is 5.75 Å². The average Bonchev–Trinajstić information content (AvgIpc) is 1.96. The summed E-state index contributed by atoms with van der Waals surface area (Å²) in [5, 5.41) is 11.7. The van der Waals surface area contributed by atoms with Gasteiger partial charge in [-0.25, -0.2) is 0 Å². The first-order valence-electron chi connectivity index (χ1n) is 2.66. The molecule has 0 unspecified atom stereocenters. The fourth-order valence-corrected chi connectivity index (χ4v) is 0.978. The highest BCUT2D eigenvalue weighted by Crippen LogP contribution is 2.36. The predicted octanol–water partition coefficient (Wildman–Crippen LogP) is 3.10. The van der Waals surface area contributed by atoms with E-state index in [9.17, 15) is 4.91 Å². The summed E-state index contributed by atoms with van der Waals surface area (Å²) in [7, 11) is 0. The Morgan fingerprint density at radius 2 is 2.00 bits per heavy atom. The number of rotatable bonds is 1. The van der Waals surface area contributed by atoms with Crippen LogP contribution in [0, 0.1) is 4.91 Å². The van der Waals surface area contributed by atoms with Gasteiger partial charge in [-0.1, -0.05) is 23.2 Å². The summed E-state index contributed by atoms with van der Waals surface area (Å²) >= 11 is 10.9. The zero-order valence-electron chi connectivity index (χ0n) is 5.21. The third kappa shape index (κ3) is 1.61. The molecule has 58 valence electrons. The summed E-state index contributed by atoms with van der Waals surface area (Å²) in [5.74, 6) is -0.242. The van der Waals surface area contributed by atoms with Gasteiger partial charge in [0.25, 0.3) is 0 Å². The maximum atomic E-state index is 10.0. The van der Waals surface area contributed by atoms with E-state index >= 15 is 0 Å². The predicted molar refractivity (Wildman–Crippen MR) is 43.6 cm³/mol. The molecule has 1 aromatic carbocycles. The van der Waals surface area contributed by atoms with Gasteiger partial charge in [0.2, 0.25) is 0 Å². The highest BCUT2D eigenvalue weighted by Gasteiger charge is 2.06. The Kier molecular flexibility index (Phi) is 2.31. The summed E-state index contributed by atoms with van der Waals surface area (Å²) in [6.07, 6.45) is 0. The lowest BCUT2D eigenvalue weighted by Gasteiger charge is -1.98. The molecule has 0 aliphatic heterocycles. The Morgan fingerprint density at radius 1 is 1.36 bits per heavy atom. The second kappa shape index (κ2) is 3.07. The van der Waals surface area contributed by atoms with Crippen molar-refractivity contribution < 1.29 is 5.11 Å². The van der Waals surface area contributed by atoms with Gasteiger partial charge in [-0.05, 0) is 11.2 Å². The first kappa shape index (κ1) is 8.30. The van der Waals surface area contributed by atoms with Gasteiger partial charge in [-0.2, -0.15) is 0 Å². The smallest absolute Gasteiger partial charge is 0.138 e. The average molecular weight is 192 g/mol. The van der Waals surface area contributed by atoms with Gasteiger partial charge in [-0.3, -0.25) is 0 Å². The van der Waals surface area contributed by atoms with E-state index in [4.69, 9.17) is 28.3 Å².